The number of amides is 1. The third kappa shape index (κ3) is 4.20. The van der Waals surface area contributed by atoms with Crippen LogP contribution >= 0.6 is 24.8 Å². The largest absolute Gasteiger partial charge is 0.399 e. The number of halogens is 2. The summed E-state index contributed by atoms with van der Waals surface area (Å²) in [6.07, 6.45) is 4.69. The normalized spacial score (nSPS) is 13.1. The predicted octanol–water partition coefficient (Wildman–Crippen LogP) is 4.75. The molecule has 0 unspecified atom stereocenters. The highest BCUT2D eigenvalue weighted by Gasteiger charge is 2.15. The summed E-state index contributed by atoms with van der Waals surface area (Å²) < 4.78 is 2.32. The number of carbonyl (C=O) groups is 1. The minimum Gasteiger partial charge on any atom is -0.399 e. The molecule has 2 heterocycles. The van der Waals surface area contributed by atoms with Crippen LogP contribution in [0.3, 0.4) is 0 Å². The lowest BCUT2D eigenvalue weighted by Crippen LogP contribution is -2.13. The second kappa shape index (κ2) is 8.63. The molecule has 3 N–H and O–H groups in total. The summed E-state index contributed by atoms with van der Waals surface area (Å²) in [5.41, 5.74) is 10.7. The molecule has 2 aromatic carbocycles. The zero-order valence-corrected chi connectivity index (χ0v) is 16.8. The number of benzene rings is 2. The van der Waals surface area contributed by atoms with Crippen molar-refractivity contribution in [1.82, 2.24) is 9.55 Å². The fraction of sp³-hybridized carbons (Fsp3) is 0.300. The molecule has 0 spiro atoms. The number of nitrogens with zero attached hydrogens (tertiary/aromatic N) is 2. The second-order valence-electron chi connectivity index (χ2n) is 6.72. The molecule has 27 heavy (non-hydrogen) atoms. The van der Waals surface area contributed by atoms with E-state index < -0.39 is 0 Å². The van der Waals surface area contributed by atoms with Crippen molar-refractivity contribution in [3.8, 4) is 0 Å². The van der Waals surface area contributed by atoms with Crippen molar-refractivity contribution in [2.45, 2.75) is 39.2 Å². The van der Waals surface area contributed by atoms with Crippen molar-refractivity contribution in [3.63, 3.8) is 0 Å². The van der Waals surface area contributed by atoms with E-state index in [0.717, 1.165) is 41.1 Å². The number of aryl methyl sites for hydroxylation is 3. The van der Waals surface area contributed by atoms with Gasteiger partial charge >= 0.3 is 0 Å². The summed E-state index contributed by atoms with van der Waals surface area (Å²) in [5.74, 6) is 1.01. The average molecular weight is 407 g/mol. The van der Waals surface area contributed by atoms with Crippen LogP contribution in [0.15, 0.2) is 36.4 Å². The molecule has 0 atom stereocenters. The Balaban J connectivity index is 0.00000131. The topological polar surface area (TPSA) is 72.9 Å². The third-order valence-corrected chi connectivity index (χ3v) is 4.87. The van der Waals surface area contributed by atoms with Gasteiger partial charge in [0.25, 0.3) is 5.91 Å². The third-order valence-electron chi connectivity index (χ3n) is 4.87. The van der Waals surface area contributed by atoms with Crippen LogP contribution in [0.2, 0.25) is 0 Å². The monoisotopic (exact) mass is 406 g/mol. The highest BCUT2D eigenvalue weighted by atomic mass is 35.5. The fourth-order valence-corrected chi connectivity index (χ4v) is 3.51. The van der Waals surface area contributed by atoms with Gasteiger partial charge in [-0.1, -0.05) is 12.5 Å². The van der Waals surface area contributed by atoms with Crippen LogP contribution in [0.1, 0.15) is 41.0 Å². The van der Waals surface area contributed by atoms with E-state index in [2.05, 4.69) is 16.0 Å². The van der Waals surface area contributed by atoms with Gasteiger partial charge in [0.1, 0.15) is 5.82 Å². The van der Waals surface area contributed by atoms with E-state index in [1.165, 1.54) is 19.3 Å². The van der Waals surface area contributed by atoms with Gasteiger partial charge in [0.05, 0.1) is 11.0 Å². The van der Waals surface area contributed by atoms with Crippen LogP contribution in [-0.4, -0.2) is 15.5 Å². The van der Waals surface area contributed by atoms with Crippen molar-refractivity contribution < 1.29 is 4.79 Å². The Bertz CT molecular complexity index is 968. The number of hydrogen-bond donors (Lipinski definition) is 2. The van der Waals surface area contributed by atoms with E-state index >= 15 is 0 Å². The maximum absolute atomic E-state index is 12.6. The van der Waals surface area contributed by atoms with Gasteiger partial charge < -0.3 is 15.6 Å². The molecule has 0 saturated heterocycles. The first kappa shape index (κ1) is 21.1. The van der Waals surface area contributed by atoms with Crippen LogP contribution < -0.4 is 11.1 Å². The molecule has 0 radical (unpaired) electrons. The van der Waals surface area contributed by atoms with Crippen molar-refractivity contribution in [2.24, 2.45) is 0 Å². The molecular formula is C20H24Cl2N4O. The first-order valence-corrected chi connectivity index (χ1v) is 8.78. The molecule has 1 aliphatic heterocycles. The van der Waals surface area contributed by atoms with Gasteiger partial charge in [0.15, 0.2) is 0 Å². The van der Waals surface area contributed by atoms with Gasteiger partial charge in [0.2, 0.25) is 0 Å². The van der Waals surface area contributed by atoms with E-state index in [9.17, 15) is 4.79 Å². The zero-order valence-electron chi connectivity index (χ0n) is 15.2. The van der Waals surface area contributed by atoms with Crippen LogP contribution in [0, 0.1) is 6.92 Å². The molecule has 4 rings (SSSR count). The van der Waals surface area contributed by atoms with Crippen molar-refractivity contribution in [2.75, 3.05) is 11.1 Å². The maximum atomic E-state index is 12.6. The summed E-state index contributed by atoms with van der Waals surface area (Å²) in [5, 5.41) is 2.97. The summed E-state index contributed by atoms with van der Waals surface area (Å²) in [4.78, 5) is 17.3. The van der Waals surface area contributed by atoms with Crippen LogP contribution in [0.4, 0.5) is 11.4 Å². The summed E-state index contributed by atoms with van der Waals surface area (Å²) in [7, 11) is 0. The summed E-state index contributed by atoms with van der Waals surface area (Å²) >= 11 is 0. The van der Waals surface area contributed by atoms with Gasteiger partial charge in [-0.3, -0.25) is 4.79 Å². The predicted molar refractivity (Wildman–Crippen MR) is 115 cm³/mol. The van der Waals surface area contributed by atoms with Crippen molar-refractivity contribution in [1.29, 1.82) is 0 Å². The number of imidazole rings is 1. The number of hydrogen-bond acceptors (Lipinski definition) is 3. The Labute approximate surface area is 171 Å². The summed E-state index contributed by atoms with van der Waals surface area (Å²) in [6.45, 7) is 2.93. The van der Waals surface area contributed by atoms with Gasteiger partial charge in [-0.05, 0) is 55.7 Å². The number of carbonyl (C=O) groups excluding carboxylic acids is 1. The van der Waals surface area contributed by atoms with Crippen molar-refractivity contribution >= 4 is 53.1 Å². The molecular weight excluding hydrogens is 383 g/mol. The van der Waals surface area contributed by atoms with Crippen LogP contribution in [-0.2, 0) is 13.0 Å². The fourth-order valence-electron chi connectivity index (χ4n) is 3.51. The standard InChI is InChI=1S/C20H22N4O.2ClH/c1-13-6-7-14(21)11-16(13)20(25)22-15-8-9-18-17(12-15)23-19-5-3-2-4-10-24(18)19;;/h6-9,11-12H,2-5,10,21H2,1H3,(H,22,25);2*1H. The lowest BCUT2D eigenvalue weighted by Gasteiger charge is -2.09. The van der Waals surface area contributed by atoms with E-state index in [4.69, 9.17) is 10.7 Å². The van der Waals surface area contributed by atoms with Crippen LogP contribution in [0.5, 0.6) is 0 Å². The highest BCUT2D eigenvalue weighted by Crippen LogP contribution is 2.25. The quantitative estimate of drug-likeness (QED) is 0.603. The van der Waals surface area contributed by atoms with Crippen molar-refractivity contribution in [3.05, 3.63) is 53.3 Å². The maximum Gasteiger partial charge on any atom is 0.256 e. The number of nitrogens with two attached hydrogens (primary N) is 1. The number of aromatic nitrogens is 2. The van der Waals surface area contributed by atoms with E-state index in [-0.39, 0.29) is 30.7 Å². The zero-order chi connectivity index (χ0) is 17.4. The number of anilines is 2. The molecule has 5 nitrogen and oxygen atoms in total. The Morgan fingerprint density at radius 3 is 2.74 bits per heavy atom. The summed E-state index contributed by atoms with van der Waals surface area (Å²) in [6, 6.07) is 11.3. The van der Waals surface area contributed by atoms with Gasteiger partial charge in [0, 0.05) is 29.9 Å². The van der Waals surface area contributed by atoms with E-state index in [0.29, 0.717) is 11.3 Å². The first-order valence-electron chi connectivity index (χ1n) is 8.78. The average Bonchev–Trinajstić information content (AvgIpc) is 2.77. The first-order chi connectivity index (χ1) is 12.1. The number of nitrogens with one attached hydrogen (secondary N) is 1. The molecule has 7 heteroatoms. The Morgan fingerprint density at radius 1 is 1.11 bits per heavy atom. The smallest absolute Gasteiger partial charge is 0.256 e. The molecule has 1 aromatic heterocycles. The van der Waals surface area contributed by atoms with Gasteiger partial charge in [-0.25, -0.2) is 4.98 Å². The molecule has 1 aliphatic rings. The van der Waals surface area contributed by atoms with E-state index in [1.807, 2.05) is 25.1 Å². The van der Waals surface area contributed by atoms with Gasteiger partial charge in [-0.2, -0.15) is 0 Å². The number of rotatable bonds is 2. The lowest BCUT2D eigenvalue weighted by molar-refractivity contribution is 0.102. The Hall–Kier alpha value is -2.24. The molecule has 3 aromatic rings. The van der Waals surface area contributed by atoms with Crippen LogP contribution in [0.25, 0.3) is 11.0 Å². The SMILES string of the molecule is Cc1ccc(N)cc1C(=O)Nc1ccc2c(c1)nc1n2CCCCC1.Cl.Cl. The molecule has 1 amide bonds. The molecule has 0 aliphatic carbocycles. The molecule has 0 bridgehead atoms. The number of nitrogen functional groups attached to an aromatic ring is 1. The highest BCUT2D eigenvalue weighted by molar-refractivity contribution is 6.06. The molecule has 0 fully saturated rings. The Morgan fingerprint density at radius 2 is 1.93 bits per heavy atom. The van der Waals surface area contributed by atoms with E-state index in [1.54, 1.807) is 12.1 Å². The minimum atomic E-state index is -0.148. The molecule has 0 saturated carbocycles. The minimum absolute atomic E-state index is 0. The lowest BCUT2D eigenvalue weighted by atomic mass is 10.1. The van der Waals surface area contributed by atoms with Gasteiger partial charge in [-0.15, -0.1) is 24.8 Å². The Kier molecular flexibility index (Phi) is 6.73. The number of fused-ring (bicyclic) bond motifs is 3. The molecule has 144 valence electrons. The second-order valence-corrected chi connectivity index (χ2v) is 6.72.